The Hall–Kier alpha value is -1.89. The molecule has 0 saturated carbocycles. The topological polar surface area (TPSA) is 65.5 Å². The average molecular weight is 465 g/mol. The highest BCUT2D eigenvalue weighted by atomic mass is 35.5. The lowest BCUT2D eigenvalue weighted by atomic mass is 9.72. The molecule has 0 unspecified atom stereocenters. The number of nitrogens with zero attached hydrogens (tertiary/aromatic N) is 3. The average Bonchev–Trinajstić information content (AvgIpc) is 2.75. The van der Waals surface area contributed by atoms with Crippen LogP contribution in [0.25, 0.3) is 10.9 Å². The zero-order chi connectivity index (χ0) is 20.0. The molecule has 0 spiro atoms. The first-order valence-corrected chi connectivity index (χ1v) is 10.7. The molecule has 6 nitrogen and oxygen atoms in total. The Labute approximate surface area is 195 Å². The van der Waals surface area contributed by atoms with Gasteiger partial charge in [-0.1, -0.05) is 24.3 Å². The maximum Gasteiger partial charge on any atom is 0.245 e. The van der Waals surface area contributed by atoms with Crippen LogP contribution in [0.5, 0.6) is 0 Å². The van der Waals surface area contributed by atoms with Gasteiger partial charge in [0, 0.05) is 50.1 Å². The molecule has 168 valence electrons. The summed E-state index contributed by atoms with van der Waals surface area (Å²) in [5, 5.41) is 4.59. The Bertz CT molecular complexity index is 951. The van der Waals surface area contributed by atoms with E-state index in [2.05, 4.69) is 10.3 Å². The number of aromatic nitrogens is 1. The third kappa shape index (κ3) is 4.26. The van der Waals surface area contributed by atoms with Crippen molar-refractivity contribution >= 4 is 47.5 Å². The summed E-state index contributed by atoms with van der Waals surface area (Å²) >= 11 is 0. The van der Waals surface area contributed by atoms with Gasteiger partial charge in [-0.15, -0.1) is 24.8 Å². The van der Waals surface area contributed by atoms with Crippen LogP contribution in [0.2, 0.25) is 0 Å². The number of carbonyl (C=O) groups excluding carboxylic acids is 2. The van der Waals surface area contributed by atoms with Crippen molar-refractivity contribution in [3.63, 3.8) is 0 Å². The molecule has 0 aliphatic carbocycles. The second kappa shape index (κ2) is 9.72. The summed E-state index contributed by atoms with van der Waals surface area (Å²) < 4.78 is 0. The van der Waals surface area contributed by atoms with Crippen molar-refractivity contribution < 1.29 is 9.59 Å². The number of nitrogens with one attached hydrogen (secondary N) is 1. The number of pyridine rings is 1. The Balaban J connectivity index is 0.00000136. The summed E-state index contributed by atoms with van der Waals surface area (Å²) in [4.78, 5) is 34.8. The first-order chi connectivity index (χ1) is 14.1. The van der Waals surface area contributed by atoms with E-state index in [1.807, 2.05) is 42.3 Å². The molecule has 4 atom stereocenters. The normalized spacial score (nSPS) is 27.0. The lowest BCUT2D eigenvalue weighted by Gasteiger charge is -2.54. The van der Waals surface area contributed by atoms with E-state index in [4.69, 9.17) is 0 Å². The number of hydrogen-bond donors (Lipinski definition) is 1. The molecule has 0 radical (unpaired) electrons. The smallest absolute Gasteiger partial charge is 0.245 e. The SMILES string of the molecule is CN(Cc1cccc2cccnc12)C(=O)[C@H]1[C@@H]2CNC[C@@H](C2)[C@@H]2CCCC(=O)N21.Cl.Cl. The van der Waals surface area contributed by atoms with Crippen molar-refractivity contribution in [2.75, 3.05) is 20.1 Å². The predicted octanol–water partition coefficient (Wildman–Crippen LogP) is 3.03. The van der Waals surface area contributed by atoms with Gasteiger partial charge in [-0.25, -0.2) is 0 Å². The van der Waals surface area contributed by atoms with Crippen molar-refractivity contribution in [3.8, 4) is 0 Å². The van der Waals surface area contributed by atoms with Crippen molar-refractivity contribution in [3.05, 3.63) is 42.1 Å². The van der Waals surface area contributed by atoms with Gasteiger partial charge in [0.1, 0.15) is 6.04 Å². The van der Waals surface area contributed by atoms with Crippen molar-refractivity contribution in [1.82, 2.24) is 20.1 Å². The van der Waals surface area contributed by atoms with Crippen molar-refractivity contribution in [2.24, 2.45) is 11.8 Å². The predicted molar refractivity (Wildman–Crippen MR) is 125 cm³/mol. The highest BCUT2D eigenvalue weighted by Gasteiger charge is 2.51. The molecule has 3 fully saturated rings. The minimum atomic E-state index is -0.343. The molecule has 3 aliphatic rings. The number of likely N-dealkylation sites (N-methyl/N-ethyl adjacent to an activating group) is 1. The molecule has 2 bridgehead atoms. The molecule has 4 heterocycles. The van der Waals surface area contributed by atoms with E-state index in [9.17, 15) is 9.59 Å². The third-order valence-corrected chi connectivity index (χ3v) is 7.00. The molecule has 1 aromatic heterocycles. The van der Waals surface area contributed by atoms with Gasteiger partial charge in [-0.05, 0) is 43.4 Å². The highest BCUT2D eigenvalue weighted by Crippen LogP contribution is 2.40. The Kier molecular flexibility index (Phi) is 7.45. The number of benzene rings is 1. The molecule has 1 N–H and O–H groups in total. The van der Waals surface area contributed by atoms with Gasteiger partial charge in [0.25, 0.3) is 0 Å². The number of piperidine rings is 3. The maximum atomic E-state index is 13.6. The van der Waals surface area contributed by atoms with E-state index in [-0.39, 0.29) is 54.6 Å². The van der Waals surface area contributed by atoms with Crippen LogP contribution >= 0.6 is 24.8 Å². The summed E-state index contributed by atoms with van der Waals surface area (Å²) in [7, 11) is 1.86. The number of amides is 2. The summed E-state index contributed by atoms with van der Waals surface area (Å²) in [6, 6.07) is 9.92. The second-order valence-corrected chi connectivity index (χ2v) is 8.81. The van der Waals surface area contributed by atoms with Crippen LogP contribution in [-0.2, 0) is 16.1 Å². The molecule has 1 aromatic carbocycles. The van der Waals surface area contributed by atoms with Crippen LogP contribution in [-0.4, -0.2) is 58.8 Å². The highest BCUT2D eigenvalue weighted by molar-refractivity contribution is 5.89. The molecule has 2 amide bonds. The number of fused-ring (bicyclic) bond motifs is 5. The lowest BCUT2D eigenvalue weighted by Crippen LogP contribution is -2.68. The molecule has 2 aromatic rings. The van der Waals surface area contributed by atoms with Crippen LogP contribution in [0, 0.1) is 11.8 Å². The van der Waals surface area contributed by atoms with Crippen LogP contribution < -0.4 is 5.32 Å². The Morgan fingerprint density at radius 1 is 1.19 bits per heavy atom. The quantitative estimate of drug-likeness (QED) is 0.757. The summed E-state index contributed by atoms with van der Waals surface area (Å²) in [5.74, 6) is 0.907. The summed E-state index contributed by atoms with van der Waals surface area (Å²) in [6.45, 7) is 2.27. The standard InChI is InChI=1S/C23H28N4O2.2ClH/c1-26(14-16-6-2-5-15-7-4-10-25-21(15)16)23(29)22-18-11-17(12-24-13-18)19-8-3-9-20(28)27(19)22;;/h2,4-7,10,17-19,22,24H,3,8-9,11-14H2,1H3;2*1H/t17-,18+,19+,22-;;/m1../s1. The maximum absolute atomic E-state index is 13.6. The van der Waals surface area contributed by atoms with Crippen LogP contribution in [0.3, 0.4) is 0 Å². The van der Waals surface area contributed by atoms with Crippen LogP contribution in [0.4, 0.5) is 0 Å². The van der Waals surface area contributed by atoms with E-state index < -0.39 is 0 Å². The number of rotatable bonds is 3. The third-order valence-electron chi connectivity index (χ3n) is 7.00. The van der Waals surface area contributed by atoms with Crippen molar-refractivity contribution in [1.29, 1.82) is 0 Å². The van der Waals surface area contributed by atoms with Crippen molar-refractivity contribution in [2.45, 2.75) is 44.3 Å². The number of carbonyl (C=O) groups is 2. The van der Waals surface area contributed by atoms with E-state index in [0.29, 0.717) is 18.9 Å². The molecule has 5 rings (SSSR count). The van der Waals surface area contributed by atoms with E-state index in [1.54, 1.807) is 11.1 Å². The minimum absolute atomic E-state index is 0. The first kappa shape index (κ1) is 23.8. The van der Waals surface area contributed by atoms with Gasteiger partial charge in [0.2, 0.25) is 11.8 Å². The van der Waals surface area contributed by atoms with Gasteiger partial charge in [-0.2, -0.15) is 0 Å². The molecule has 3 saturated heterocycles. The molecular weight excluding hydrogens is 435 g/mol. The fourth-order valence-electron chi connectivity index (χ4n) is 5.69. The zero-order valence-corrected chi connectivity index (χ0v) is 19.3. The Morgan fingerprint density at radius 3 is 2.81 bits per heavy atom. The first-order valence-electron chi connectivity index (χ1n) is 10.7. The van der Waals surface area contributed by atoms with Crippen LogP contribution in [0.15, 0.2) is 36.5 Å². The summed E-state index contributed by atoms with van der Waals surface area (Å²) in [5.41, 5.74) is 1.97. The van der Waals surface area contributed by atoms with Crippen LogP contribution in [0.1, 0.15) is 31.2 Å². The van der Waals surface area contributed by atoms with Gasteiger partial charge >= 0.3 is 0 Å². The van der Waals surface area contributed by atoms with Gasteiger partial charge in [0.15, 0.2) is 0 Å². The molecule has 3 aliphatic heterocycles. The monoisotopic (exact) mass is 464 g/mol. The molecule has 8 heteroatoms. The molecule has 31 heavy (non-hydrogen) atoms. The van der Waals surface area contributed by atoms with Gasteiger partial charge in [0.05, 0.1) is 5.52 Å². The van der Waals surface area contributed by atoms with Gasteiger partial charge in [-0.3, -0.25) is 14.6 Å². The number of halogens is 2. The number of para-hydroxylation sites is 1. The van der Waals surface area contributed by atoms with Gasteiger partial charge < -0.3 is 15.1 Å². The van der Waals surface area contributed by atoms with E-state index in [0.717, 1.165) is 48.8 Å². The Morgan fingerprint density at radius 2 is 1.97 bits per heavy atom. The second-order valence-electron chi connectivity index (χ2n) is 8.81. The minimum Gasteiger partial charge on any atom is -0.340 e. The fourth-order valence-corrected chi connectivity index (χ4v) is 5.69. The summed E-state index contributed by atoms with van der Waals surface area (Å²) in [6.07, 6.45) is 5.37. The zero-order valence-electron chi connectivity index (χ0n) is 17.7. The number of hydrogen-bond acceptors (Lipinski definition) is 4. The largest absolute Gasteiger partial charge is 0.340 e. The van der Waals surface area contributed by atoms with E-state index in [1.165, 1.54) is 0 Å². The lowest BCUT2D eigenvalue weighted by molar-refractivity contribution is -0.161. The fraction of sp³-hybridized carbons (Fsp3) is 0.522. The van der Waals surface area contributed by atoms with E-state index >= 15 is 0 Å². The molecular formula is C23H30Cl2N4O2.